The summed E-state index contributed by atoms with van der Waals surface area (Å²) in [7, 11) is 3.91. The van der Waals surface area contributed by atoms with E-state index >= 15 is 0 Å². The minimum atomic E-state index is -1.66. The van der Waals surface area contributed by atoms with E-state index in [1.165, 1.54) is 42.1 Å². The first-order chi connectivity index (χ1) is 48.6. The van der Waals surface area contributed by atoms with Gasteiger partial charge >= 0.3 is 0 Å². The van der Waals surface area contributed by atoms with E-state index in [0.29, 0.717) is 13.1 Å². The highest BCUT2D eigenvalue weighted by atomic mass is 16.7. The molecule has 102 heavy (non-hydrogen) atoms. The fourth-order valence-corrected chi connectivity index (χ4v) is 12.0. The molecule has 6 rings (SSSR count). The number of nitrogens with two attached hydrogens (primary N) is 2. The third-order valence-electron chi connectivity index (χ3n) is 17.7. The summed E-state index contributed by atoms with van der Waals surface area (Å²) < 4.78 is 66.4. The van der Waals surface area contributed by atoms with Crippen LogP contribution < -0.4 is 27.4 Å². The molecule has 6 fully saturated rings. The smallest absolute Gasteiger partial charge is 0.230 e. The lowest BCUT2D eigenvalue weighted by Gasteiger charge is -2.46. The van der Waals surface area contributed by atoms with Crippen LogP contribution in [0.2, 0.25) is 0 Å². The zero-order chi connectivity index (χ0) is 76.2. The zero-order valence-electron chi connectivity index (χ0n) is 57.3. The van der Waals surface area contributed by atoms with Gasteiger partial charge in [-0.05, 0) is 26.0 Å². The fourth-order valence-electron chi connectivity index (χ4n) is 12.0. The Morgan fingerprint density at radius 2 is 0.716 bits per heavy atom. The van der Waals surface area contributed by atoms with Crippen LogP contribution in [0.15, 0.2) is 15.8 Å². The molecule has 0 spiro atoms. The van der Waals surface area contributed by atoms with Crippen LogP contribution in [0.3, 0.4) is 0 Å². The second-order valence-electron chi connectivity index (χ2n) is 24.4. The van der Waals surface area contributed by atoms with Gasteiger partial charge in [-0.2, -0.15) is 0 Å². The van der Waals surface area contributed by atoms with Gasteiger partial charge in [-0.3, -0.25) is 0 Å². The van der Waals surface area contributed by atoms with Crippen molar-refractivity contribution in [3.63, 3.8) is 0 Å². The molecule has 0 amide bonds. The quantitative estimate of drug-likeness (QED) is 0.0120. The number of hydrogen-bond donors (Lipinski definition) is 23. The summed E-state index contributed by atoms with van der Waals surface area (Å²) in [5.74, 6) is 0. The molecule has 0 aromatic heterocycles. The average Bonchev–Trinajstić information content (AvgIpc) is 0.795. The molecule has 0 aromatic rings. The Labute approximate surface area is 585 Å². The molecule has 0 bridgehead atoms. The van der Waals surface area contributed by atoms with Crippen LogP contribution in [0, 0.1) is 20.8 Å². The van der Waals surface area contributed by atoms with Crippen molar-refractivity contribution in [1.29, 1.82) is 0 Å². The molecule has 0 saturated carbocycles. The maximum absolute atomic E-state index is 11.9. The van der Waals surface area contributed by atoms with Crippen molar-refractivity contribution >= 4 is 0 Å². The normalized spacial score (nSPS) is 39.2. The van der Waals surface area contributed by atoms with E-state index < -0.39 is 203 Å². The van der Waals surface area contributed by atoms with Crippen molar-refractivity contribution in [2.24, 2.45) is 27.3 Å². The molecule has 48 nitrogen and oxygen atoms in total. The molecule has 6 aliphatic heterocycles. The van der Waals surface area contributed by atoms with Crippen LogP contribution in [0.25, 0.3) is 0 Å². The number of aliphatic hydroxyl groups is 16. The molecular formula is C54H109N14O34-. The maximum Gasteiger partial charge on any atom is 0.230 e. The summed E-state index contributed by atoms with van der Waals surface area (Å²) in [6.45, 7) is 4.50. The van der Waals surface area contributed by atoms with E-state index in [4.69, 9.17) is 83.8 Å². The molecule has 25 N–H and O–H groups in total. The van der Waals surface area contributed by atoms with Gasteiger partial charge < -0.3 is 197 Å². The molecule has 6 heterocycles. The van der Waals surface area contributed by atoms with Gasteiger partial charge in [-0.15, -0.1) is 15.0 Å². The van der Waals surface area contributed by atoms with E-state index in [0.717, 1.165) is 15.0 Å². The number of hydrazine groups is 3. The van der Waals surface area contributed by atoms with Gasteiger partial charge in [-0.25, -0.2) is 0 Å². The number of hydrogen-bond acceptors (Lipinski definition) is 40. The first-order valence-corrected chi connectivity index (χ1v) is 32.9. The summed E-state index contributed by atoms with van der Waals surface area (Å²) in [6.07, 6.45) is -37.0. The van der Waals surface area contributed by atoms with Crippen molar-refractivity contribution < 1.29 is 164 Å². The van der Waals surface area contributed by atoms with E-state index in [9.17, 15) is 97.4 Å². The van der Waals surface area contributed by atoms with E-state index in [1.807, 2.05) is 0 Å². The van der Waals surface area contributed by atoms with Crippen molar-refractivity contribution in [2.75, 3.05) is 139 Å². The fraction of sp³-hybridized carbons (Fsp3) is 1.00. The van der Waals surface area contributed by atoms with Crippen LogP contribution in [0.4, 0.5) is 0 Å². The van der Waals surface area contributed by atoms with Crippen molar-refractivity contribution in [1.82, 2.24) is 31.0 Å². The second kappa shape index (κ2) is 45.4. The Morgan fingerprint density at radius 3 is 1.03 bits per heavy atom. The van der Waals surface area contributed by atoms with Crippen molar-refractivity contribution in [3.05, 3.63) is 20.8 Å². The molecule has 6 aliphatic rings. The number of nitrogens with one attached hydrogen (secondary N) is 3. The van der Waals surface area contributed by atoms with Gasteiger partial charge in [-0.1, -0.05) is 0 Å². The minimum Gasteiger partial charge on any atom is -0.737 e. The largest absolute Gasteiger partial charge is 0.737 e. The Balaban J connectivity index is 0.000000324. The van der Waals surface area contributed by atoms with Crippen molar-refractivity contribution in [2.45, 2.75) is 204 Å². The Kier molecular flexibility index (Phi) is 40.1. The first kappa shape index (κ1) is 90.1. The first-order valence-electron chi connectivity index (χ1n) is 32.9. The Hall–Kier alpha value is -4.32. The van der Waals surface area contributed by atoms with E-state index in [2.05, 4.69) is 31.8 Å². The molecular weight excluding hydrogens is 1390 g/mol. The number of rotatable bonds is 36. The number of methoxy groups -OCH3 is 3. The predicted molar refractivity (Wildman–Crippen MR) is 333 cm³/mol. The minimum absolute atomic E-state index is 0.0119. The molecule has 600 valence electrons. The highest BCUT2D eigenvalue weighted by Crippen LogP contribution is 2.34. The third kappa shape index (κ3) is 24.4. The summed E-state index contributed by atoms with van der Waals surface area (Å²) in [5, 5.41) is 245. The molecule has 6 saturated heterocycles. The van der Waals surface area contributed by atoms with Crippen LogP contribution >= 0.6 is 0 Å². The van der Waals surface area contributed by atoms with E-state index in [-0.39, 0.29) is 100 Å². The van der Waals surface area contributed by atoms with Gasteiger partial charge in [0, 0.05) is 78.7 Å². The molecule has 30 atom stereocenters. The number of ether oxygens (including phenoxy) is 12. The topological polar surface area (TPSA) is 711 Å². The Morgan fingerprint density at radius 1 is 0.392 bits per heavy atom. The zero-order valence-corrected chi connectivity index (χ0v) is 57.3. The summed E-state index contributed by atoms with van der Waals surface area (Å²) in [4.78, 5) is -0.231. The number of aliphatic hydroxyl groups excluding tert-OH is 16. The molecule has 0 aliphatic carbocycles. The second-order valence-corrected chi connectivity index (χ2v) is 24.4. The summed E-state index contributed by atoms with van der Waals surface area (Å²) in [6, 6.07) is 0. The monoisotopic (exact) mass is 1500 g/mol. The summed E-state index contributed by atoms with van der Waals surface area (Å²) >= 11 is 0. The van der Waals surface area contributed by atoms with Crippen LogP contribution in [0.5, 0.6) is 0 Å². The van der Waals surface area contributed by atoms with Crippen LogP contribution in [-0.2, 0) is 56.8 Å². The lowest BCUT2D eigenvalue weighted by atomic mass is 9.94. The van der Waals surface area contributed by atoms with Crippen LogP contribution in [-0.4, -0.2) is 445 Å². The van der Waals surface area contributed by atoms with Crippen LogP contribution in [0.1, 0.15) is 20.8 Å². The molecule has 0 radical (unpaired) electrons. The van der Waals surface area contributed by atoms with E-state index in [1.54, 1.807) is 0 Å². The molecule has 48 heteroatoms. The maximum atomic E-state index is 11.9. The van der Waals surface area contributed by atoms with Gasteiger partial charge in [0.2, 0.25) is 10.6 Å². The predicted octanol–water partition coefficient (Wildman–Crippen LogP) is -13.5. The highest BCUT2D eigenvalue weighted by Gasteiger charge is 2.54. The summed E-state index contributed by atoms with van der Waals surface area (Å²) in [5.41, 5.74) is 10.8. The standard InChI is InChI=1S/2C18H37N5O11.C18H36N4O12/c1-9-12(25)13(26)17(11(8-24)32-9)34-18-15(28)14(27)16(31-2)10(33-18)7-20-4-6-22(5-3-19)23(30)21-29;1-9-12(25)13(26)17(11(8-24)32-9)34-18-15(28)14(27)16(31-2)10(33-18)7-22(23(30)21-29)6-5-20-4-3-19;1-9-12(25)13(26)17(11(8-24)32-9)34-18-15(28)14(27)16(31-2)10(33-18)7-19-3-4-21(5-6-23)22(30)20-29/h2*9-18,20,24-29H,3-8,19H2,1-2H3;9-19,23-29H,3-8H2,1-2H3/p-1/b;23-21-;/t3*9-,10-,11-,12+,13-,14-,15-,16-,17?,18-/m111/s1. The lowest BCUT2D eigenvalue weighted by molar-refractivity contribution is -0.709. The van der Waals surface area contributed by atoms with Gasteiger partial charge in [0.25, 0.3) is 0 Å². The van der Waals surface area contributed by atoms with Gasteiger partial charge in [0.15, 0.2) is 18.9 Å². The number of nitrogens with zero attached hydrogens (tertiary/aromatic N) is 9. The molecule has 0 aromatic carbocycles. The molecule has 3 unspecified atom stereocenters. The average molecular weight is 1500 g/mol. The third-order valence-corrected chi connectivity index (χ3v) is 17.7. The Bertz CT molecular complexity index is 2290. The van der Waals surface area contributed by atoms with Gasteiger partial charge in [0.05, 0.1) is 80.9 Å². The van der Waals surface area contributed by atoms with Crippen molar-refractivity contribution in [3.8, 4) is 0 Å². The SMILES string of the molecule is CO[C@H]1[C@H](O)[C@@H](O)[C@@H](OC2[C@@H](CO)O[C@H](C)[C@H](O)[C@H]2O)O[C@@H]1CN(CCNCCN)/[N+]([O-])=N/[O-].CO[C@H]1[C@H](O)[C@@H](O)[C@@H](OC2[C@@H](CO)O[C@H](C)[C@H](O)[C@H]2O)O[C@@H]1CNCCN(CCN)[N+]([O-])=NO.CO[C@H]1[C@H](O)[C@@H](O)[C@@H](OC2[C@@H](CO)O[C@H](C)[C@H](O)[C@H]2O)O[C@@H]1CNCCN(CCO)[N+]([O-])=NO. The van der Waals surface area contributed by atoms with Gasteiger partial charge in [0.1, 0.15) is 160 Å². The lowest BCUT2D eigenvalue weighted by Crippen LogP contribution is -2.65. The highest BCUT2D eigenvalue weighted by molar-refractivity contribution is 4.99.